The molecule has 1 atom stereocenters. The second-order valence-electron chi connectivity index (χ2n) is 6.31. The fraction of sp³-hybridized carbons (Fsp3) is 0.476. The number of rotatable bonds is 10. The number of methoxy groups -OCH3 is 1. The molecule has 0 amide bonds. The van der Waals surface area contributed by atoms with E-state index in [1.54, 1.807) is 11.3 Å². The molecule has 0 unspecified atom stereocenters. The highest BCUT2D eigenvalue weighted by atomic mass is 32.1. The lowest BCUT2D eigenvalue weighted by Crippen LogP contribution is -2.40. The second-order valence-corrected chi connectivity index (χ2v) is 7.26. The Labute approximate surface area is 155 Å². The van der Waals surface area contributed by atoms with E-state index < -0.39 is 5.41 Å². The van der Waals surface area contributed by atoms with Crippen LogP contribution < -0.4 is 0 Å². The van der Waals surface area contributed by atoms with Crippen molar-refractivity contribution < 1.29 is 9.53 Å². The monoisotopic (exact) mass is 359 g/mol. The molecule has 0 aliphatic heterocycles. The maximum atomic E-state index is 12.9. The molecule has 0 bridgehead atoms. The lowest BCUT2D eigenvalue weighted by Gasteiger charge is -2.32. The molecular formula is C21H29NO2S. The maximum absolute atomic E-state index is 12.9. The largest absolute Gasteiger partial charge is 0.468 e. The van der Waals surface area contributed by atoms with Gasteiger partial charge in [0, 0.05) is 4.88 Å². The number of carbonyl (C=O) groups excluding carboxylic acids is 1. The summed E-state index contributed by atoms with van der Waals surface area (Å²) in [5.74, 6) is -0.113. The number of nitrogens with zero attached hydrogens (tertiary/aromatic N) is 1. The van der Waals surface area contributed by atoms with E-state index in [9.17, 15) is 4.79 Å². The average molecular weight is 360 g/mol. The fourth-order valence-corrected chi connectivity index (χ4v) is 4.29. The van der Waals surface area contributed by atoms with Gasteiger partial charge < -0.3 is 9.64 Å². The lowest BCUT2D eigenvalue weighted by molar-refractivity contribution is -0.148. The van der Waals surface area contributed by atoms with Crippen LogP contribution in [-0.4, -0.2) is 37.6 Å². The quantitative estimate of drug-likeness (QED) is 0.584. The van der Waals surface area contributed by atoms with Gasteiger partial charge in [-0.25, -0.2) is 0 Å². The van der Waals surface area contributed by atoms with Crippen LogP contribution in [0, 0.1) is 0 Å². The van der Waals surface area contributed by atoms with Crippen LogP contribution in [-0.2, 0) is 21.4 Å². The van der Waals surface area contributed by atoms with E-state index in [-0.39, 0.29) is 5.97 Å². The summed E-state index contributed by atoms with van der Waals surface area (Å²) in [6.45, 7) is 7.22. The zero-order valence-corrected chi connectivity index (χ0v) is 16.3. The highest BCUT2D eigenvalue weighted by molar-refractivity contribution is 7.10. The third kappa shape index (κ3) is 4.93. The van der Waals surface area contributed by atoms with Crippen LogP contribution in [0.5, 0.6) is 0 Å². The van der Waals surface area contributed by atoms with Crippen molar-refractivity contribution in [3.05, 3.63) is 58.3 Å². The van der Waals surface area contributed by atoms with E-state index in [0.29, 0.717) is 0 Å². The normalized spacial score (nSPS) is 13.6. The van der Waals surface area contributed by atoms with Crippen molar-refractivity contribution in [2.45, 2.75) is 38.5 Å². The van der Waals surface area contributed by atoms with Gasteiger partial charge in [-0.15, -0.1) is 11.3 Å². The Morgan fingerprint density at radius 1 is 1.08 bits per heavy atom. The van der Waals surface area contributed by atoms with Crippen molar-refractivity contribution in [2.75, 3.05) is 26.7 Å². The molecule has 2 aromatic rings. The number of esters is 1. The standard InChI is InChI=1S/C21H29NO2S/c1-4-22(5-2)16-15-21(20(23)24-3,19-12-9-17-25-19)14-13-18-10-7-6-8-11-18/h6-12,17H,4-5,13-16H2,1-3H3/t21-/m1/s1. The van der Waals surface area contributed by atoms with E-state index in [1.165, 1.54) is 12.7 Å². The number of carbonyl (C=O) groups is 1. The van der Waals surface area contributed by atoms with Gasteiger partial charge in [-0.3, -0.25) is 4.79 Å². The van der Waals surface area contributed by atoms with Crippen LogP contribution >= 0.6 is 11.3 Å². The van der Waals surface area contributed by atoms with E-state index in [2.05, 4.69) is 49.1 Å². The Morgan fingerprint density at radius 2 is 1.80 bits per heavy atom. The number of hydrogen-bond donors (Lipinski definition) is 0. The van der Waals surface area contributed by atoms with Gasteiger partial charge in [0.25, 0.3) is 0 Å². The first kappa shape index (κ1) is 19.7. The van der Waals surface area contributed by atoms with Gasteiger partial charge in [-0.2, -0.15) is 0 Å². The predicted molar refractivity (Wildman–Crippen MR) is 105 cm³/mol. The Kier molecular flexibility index (Phi) is 7.66. The Bertz CT molecular complexity index is 623. The van der Waals surface area contributed by atoms with Crippen molar-refractivity contribution in [3.63, 3.8) is 0 Å². The summed E-state index contributed by atoms with van der Waals surface area (Å²) in [5.41, 5.74) is 0.691. The van der Waals surface area contributed by atoms with E-state index in [0.717, 1.165) is 43.8 Å². The summed E-state index contributed by atoms with van der Waals surface area (Å²) in [7, 11) is 1.50. The smallest absolute Gasteiger partial charge is 0.317 e. The minimum Gasteiger partial charge on any atom is -0.468 e. The Balaban J connectivity index is 2.28. The molecule has 1 aromatic carbocycles. The van der Waals surface area contributed by atoms with Crippen LogP contribution in [0.15, 0.2) is 47.8 Å². The Morgan fingerprint density at radius 3 is 2.36 bits per heavy atom. The summed E-state index contributed by atoms with van der Waals surface area (Å²) >= 11 is 1.66. The molecule has 25 heavy (non-hydrogen) atoms. The number of ether oxygens (including phenoxy) is 1. The first-order chi connectivity index (χ1) is 12.2. The van der Waals surface area contributed by atoms with Crippen molar-refractivity contribution in [3.8, 4) is 0 Å². The van der Waals surface area contributed by atoms with Crippen LogP contribution in [0.25, 0.3) is 0 Å². The van der Waals surface area contributed by atoms with Gasteiger partial charge in [0.2, 0.25) is 0 Å². The maximum Gasteiger partial charge on any atom is 0.317 e. The molecule has 0 N–H and O–H groups in total. The van der Waals surface area contributed by atoms with Crippen LogP contribution in [0.3, 0.4) is 0 Å². The number of benzene rings is 1. The molecule has 0 aliphatic carbocycles. The minimum absolute atomic E-state index is 0.113. The molecule has 2 rings (SSSR count). The van der Waals surface area contributed by atoms with E-state index >= 15 is 0 Å². The van der Waals surface area contributed by atoms with Gasteiger partial charge in [0.15, 0.2) is 0 Å². The molecule has 0 saturated heterocycles. The van der Waals surface area contributed by atoms with Crippen molar-refractivity contribution in [1.82, 2.24) is 4.90 Å². The first-order valence-corrected chi connectivity index (χ1v) is 9.93. The third-order valence-corrected chi connectivity index (χ3v) is 6.08. The van der Waals surface area contributed by atoms with Crippen molar-refractivity contribution in [1.29, 1.82) is 0 Å². The van der Waals surface area contributed by atoms with Crippen molar-refractivity contribution in [2.24, 2.45) is 0 Å². The topological polar surface area (TPSA) is 29.5 Å². The highest BCUT2D eigenvalue weighted by Gasteiger charge is 2.41. The molecule has 136 valence electrons. The molecule has 1 heterocycles. The summed E-state index contributed by atoms with van der Waals surface area (Å²) in [4.78, 5) is 16.4. The summed E-state index contributed by atoms with van der Waals surface area (Å²) in [6.07, 6.45) is 2.42. The van der Waals surface area contributed by atoms with Gasteiger partial charge >= 0.3 is 5.97 Å². The summed E-state index contributed by atoms with van der Waals surface area (Å²) < 4.78 is 5.28. The molecule has 4 heteroatoms. The van der Waals surface area contributed by atoms with E-state index in [4.69, 9.17) is 4.74 Å². The zero-order chi connectivity index (χ0) is 18.1. The van der Waals surface area contributed by atoms with Gasteiger partial charge in [0.1, 0.15) is 5.41 Å². The zero-order valence-electron chi connectivity index (χ0n) is 15.5. The number of thiophene rings is 1. The molecule has 0 radical (unpaired) electrons. The molecule has 0 spiro atoms. The van der Waals surface area contributed by atoms with Gasteiger partial charge in [0.05, 0.1) is 7.11 Å². The summed E-state index contributed by atoms with van der Waals surface area (Å²) in [6, 6.07) is 14.5. The first-order valence-electron chi connectivity index (χ1n) is 9.05. The van der Waals surface area contributed by atoms with Crippen LogP contribution in [0.2, 0.25) is 0 Å². The predicted octanol–water partition coefficient (Wildman–Crippen LogP) is 4.52. The highest BCUT2D eigenvalue weighted by Crippen LogP contribution is 2.37. The van der Waals surface area contributed by atoms with Crippen molar-refractivity contribution >= 4 is 17.3 Å². The van der Waals surface area contributed by atoms with Gasteiger partial charge in [-0.1, -0.05) is 50.2 Å². The molecule has 0 saturated carbocycles. The van der Waals surface area contributed by atoms with Crippen LogP contribution in [0.1, 0.15) is 37.1 Å². The average Bonchev–Trinajstić information content (AvgIpc) is 3.20. The molecule has 0 fully saturated rings. The minimum atomic E-state index is -0.568. The van der Waals surface area contributed by atoms with Crippen LogP contribution in [0.4, 0.5) is 0 Å². The molecule has 0 aliphatic rings. The SMILES string of the molecule is CCN(CC)CC[C@@](CCc1ccccc1)(C(=O)OC)c1cccs1. The molecular weight excluding hydrogens is 330 g/mol. The fourth-order valence-electron chi connectivity index (χ4n) is 3.31. The lowest BCUT2D eigenvalue weighted by atomic mass is 9.77. The molecule has 1 aromatic heterocycles. The Hall–Kier alpha value is -1.65. The third-order valence-electron chi connectivity index (χ3n) is 5.00. The van der Waals surface area contributed by atoms with Gasteiger partial charge in [-0.05, 0) is 55.9 Å². The number of hydrogen-bond acceptors (Lipinski definition) is 4. The van der Waals surface area contributed by atoms with E-state index in [1.807, 2.05) is 17.5 Å². The number of aryl methyl sites for hydroxylation is 1. The summed E-state index contributed by atoms with van der Waals surface area (Å²) in [5, 5.41) is 2.05. The molecule has 3 nitrogen and oxygen atoms in total. The second kappa shape index (κ2) is 9.73.